The average Bonchev–Trinajstić information content (AvgIpc) is 2.43. The third-order valence-corrected chi connectivity index (χ3v) is 2.69. The van der Waals surface area contributed by atoms with Crippen LogP contribution in [0.1, 0.15) is 23.7 Å². The van der Waals surface area contributed by atoms with Crippen LogP contribution in [0.25, 0.3) is 0 Å². The van der Waals surface area contributed by atoms with Crippen LogP contribution in [0.15, 0.2) is 18.2 Å². The predicted octanol–water partition coefficient (Wildman–Crippen LogP) is 1.07. The van der Waals surface area contributed by atoms with E-state index in [0.29, 0.717) is 6.54 Å². The van der Waals surface area contributed by atoms with E-state index in [4.69, 9.17) is 10.5 Å². The molecule has 1 atom stereocenters. The molecule has 0 aliphatic carbocycles. The third kappa shape index (κ3) is 3.92. The van der Waals surface area contributed by atoms with Gasteiger partial charge in [-0.3, -0.25) is 14.9 Å². The summed E-state index contributed by atoms with van der Waals surface area (Å²) in [5.74, 6) is -0.276. The van der Waals surface area contributed by atoms with Crippen molar-refractivity contribution in [2.24, 2.45) is 5.73 Å². The van der Waals surface area contributed by atoms with Crippen LogP contribution in [0.5, 0.6) is 5.75 Å². The van der Waals surface area contributed by atoms with Crippen molar-refractivity contribution in [2.45, 2.75) is 19.4 Å². The molecule has 7 heteroatoms. The largest absolute Gasteiger partial charge is 0.490 e. The fourth-order valence-corrected chi connectivity index (χ4v) is 1.44. The lowest BCUT2D eigenvalue weighted by Crippen LogP contribution is -2.36. The van der Waals surface area contributed by atoms with Crippen molar-refractivity contribution >= 4 is 11.6 Å². The number of hydrogen-bond acceptors (Lipinski definition) is 5. The van der Waals surface area contributed by atoms with Crippen LogP contribution in [-0.4, -0.2) is 30.5 Å². The molecule has 19 heavy (non-hydrogen) atoms. The number of ether oxygens (including phenoxy) is 1. The summed E-state index contributed by atoms with van der Waals surface area (Å²) >= 11 is 0. The molecule has 1 unspecified atom stereocenters. The van der Waals surface area contributed by atoms with E-state index >= 15 is 0 Å². The molecule has 3 N–H and O–H groups in total. The summed E-state index contributed by atoms with van der Waals surface area (Å²) in [6.07, 6.45) is 0.739. The second kappa shape index (κ2) is 6.69. The molecule has 0 bridgehead atoms. The number of amides is 1. The summed E-state index contributed by atoms with van der Waals surface area (Å²) in [6, 6.07) is 3.93. The highest BCUT2D eigenvalue weighted by Crippen LogP contribution is 2.27. The van der Waals surface area contributed by atoms with Gasteiger partial charge in [-0.1, -0.05) is 6.92 Å². The van der Waals surface area contributed by atoms with Crippen LogP contribution < -0.4 is 15.8 Å². The first-order valence-corrected chi connectivity index (χ1v) is 5.85. The highest BCUT2D eigenvalue weighted by molar-refractivity contribution is 5.95. The van der Waals surface area contributed by atoms with Gasteiger partial charge in [-0.25, -0.2) is 0 Å². The minimum Gasteiger partial charge on any atom is -0.490 e. The van der Waals surface area contributed by atoms with E-state index in [-0.39, 0.29) is 23.0 Å². The summed E-state index contributed by atoms with van der Waals surface area (Å²) in [4.78, 5) is 22.1. The van der Waals surface area contributed by atoms with Gasteiger partial charge in [0.15, 0.2) is 5.75 Å². The van der Waals surface area contributed by atoms with Crippen molar-refractivity contribution in [1.29, 1.82) is 0 Å². The molecule has 1 aromatic carbocycles. The van der Waals surface area contributed by atoms with E-state index in [1.54, 1.807) is 0 Å². The SMILES string of the molecule is CCC(N)CNC(=O)c1ccc(OC)c([N+](=O)[O-])c1. The molecule has 0 aromatic heterocycles. The predicted molar refractivity (Wildman–Crippen MR) is 70.2 cm³/mol. The minimum atomic E-state index is -0.590. The molecule has 1 rings (SSSR count). The molecule has 0 fully saturated rings. The lowest BCUT2D eigenvalue weighted by molar-refractivity contribution is -0.385. The maximum atomic E-state index is 11.8. The van der Waals surface area contributed by atoms with Crippen LogP contribution in [0.3, 0.4) is 0 Å². The normalized spacial score (nSPS) is 11.7. The second-order valence-electron chi connectivity index (χ2n) is 4.02. The highest BCUT2D eigenvalue weighted by Gasteiger charge is 2.18. The zero-order chi connectivity index (χ0) is 14.4. The third-order valence-electron chi connectivity index (χ3n) is 2.69. The number of nitrogens with two attached hydrogens (primary N) is 1. The van der Waals surface area contributed by atoms with Crippen molar-refractivity contribution in [1.82, 2.24) is 5.32 Å². The van der Waals surface area contributed by atoms with Crippen molar-refractivity contribution in [3.05, 3.63) is 33.9 Å². The van der Waals surface area contributed by atoms with Gasteiger partial charge < -0.3 is 15.8 Å². The number of benzene rings is 1. The van der Waals surface area contributed by atoms with Crippen LogP contribution in [0.4, 0.5) is 5.69 Å². The first-order valence-electron chi connectivity index (χ1n) is 5.85. The number of rotatable bonds is 6. The molecule has 1 aromatic rings. The number of methoxy groups -OCH3 is 1. The van der Waals surface area contributed by atoms with Gasteiger partial charge in [-0.2, -0.15) is 0 Å². The smallest absolute Gasteiger partial charge is 0.311 e. The van der Waals surface area contributed by atoms with Crippen molar-refractivity contribution in [3.63, 3.8) is 0 Å². The van der Waals surface area contributed by atoms with Crippen molar-refractivity contribution in [3.8, 4) is 5.75 Å². The van der Waals surface area contributed by atoms with E-state index in [1.165, 1.54) is 25.3 Å². The zero-order valence-electron chi connectivity index (χ0n) is 10.9. The number of hydrogen-bond donors (Lipinski definition) is 2. The standard InChI is InChI=1S/C12H17N3O4/c1-3-9(13)7-14-12(16)8-4-5-11(19-2)10(6-8)15(17)18/h4-6,9H,3,7,13H2,1-2H3,(H,14,16). The fraction of sp³-hybridized carbons (Fsp3) is 0.417. The van der Waals surface area contributed by atoms with Gasteiger partial charge in [0, 0.05) is 24.2 Å². The average molecular weight is 267 g/mol. The molecular weight excluding hydrogens is 250 g/mol. The lowest BCUT2D eigenvalue weighted by atomic mass is 10.1. The Kier molecular flexibility index (Phi) is 5.25. The van der Waals surface area contributed by atoms with Gasteiger partial charge in [-0.15, -0.1) is 0 Å². The van der Waals surface area contributed by atoms with Crippen LogP contribution >= 0.6 is 0 Å². The number of nitrogens with one attached hydrogen (secondary N) is 1. The number of nitro benzene ring substituents is 1. The second-order valence-corrected chi connectivity index (χ2v) is 4.02. The van der Waals surface area contributed by atoms with Crippen LogP contribution in [-0.2, 0) is 0 Å². The first kappa shape index (κ1) is 14.9. The zero-order valence-corrected chi connectivity index (χ0v) is 10.9. The Morgan fingerprint density at radius 2 is 2.26 bits per heavy atom. The summed E-state index contributed by atoms with van der Waals surface area (Å²) in [5, 5.41) is 13.5. The fourth-order valence-electron chi connectivity index (χ4n) is 1.44. The first-order chi connectivity index (χ1) is 8.99. The van der Waals surface area contributed by atoms with E-state index in [9.17, 15) is 14.9 Å². The topological polar surface area (TPSA) is 107 Å². The Morgan fingerprint density at radius 3 is 2.79 bits per heavy atom. The summed E-state index contributed by atoms with van der Waals surface area (Å²) < 4.78 is 4.86. The molecular formula is C12H17N3O4. The van der Waals surface area contributed by atoms with E-state index in [2.05, 4.69) is 5.32 Å². The quantitative estimate of drug-likeness (QED) is 0.592. The Balaban J connectivity index is 2.86. The van der Waals surface area contributed by atoms with Gasteiger partial charge in [0.1, 0.15) is 0 Å². The van der Waals surface area contributed by atoms with Crippen molar-refractivity contribution < 1.29 is 14.5 Å². The van der Waals surface area contributed by atoms with Crippen molar-refractivity contribution in [2.75, 3.05) is 13.7 Å². The molecule has 0 heterocycles. The van der Waals surface area contributed by atoms with Gasteiger partial charge >= 0.3 is 5.69 Å². The lowest BCUT2D eigenvalue weighted by Gasteiger charge is -2.10. The van der Waals surface area contributed by atoms with Crippen LogP contribution in [0.2, 0.25) is 0 Å². The van der Waals surface area contributed by atoms with E-state index in [0.717, 1.165) is 6.42 Å². The Hall–Kier alpha value is -2.15. The molecule has 0 saturated carbocycles. The minimum absolute atomic E-state index is 0.117. The number of nitro groups is 1. The molecule has 7 nitrogen and oxygen atoms in total. The summed E-state index contributed by atoms with van der Waals surface area (Å²) in [7, 11) is 1.34. The molecule has 0 spiro atoms. The Labute approximate surface area is 110 Å². The van der Waals surface area contributed by atoms with Gasteiger partial charge in [0.2, 0.25) is 0 Å². The van der Waals surface area contributed by atoms with E-state index < -0.39 is 10.8 Å². The summed E-state index contributed by atoms with van der Waals surface area (Å²) in [6.45, 7) is 2.24. The molecule has 0 radical (unpaired) electrons. The number of carbonyl (C=O) groups excluding carboxylic acids is 1. The monoisotopic (exact) mass is 267 g/mol. The van der Waals surface area contributed by atoms with Gasteiger partial charge in [0.25, 0.3) is 5.91 Å². The molecule has 0 aliphatic rings. The summed E-state index contributed by atoms with van der Waals surface area (Å²) in [5.41, 5.74) is 5.64. The van der Waals surface area contributed by atoms with Gasteiger partial charge in [-0.05, 0) is 18.6 Å². The van der Waals surface area contributed by atoms with Crippen LogP contribution in [0, 0.1) is 10.1 Å². The maximum Gasteiger partial charge on any atom is 0.311 e. The highest BCUT2D eigenvalue weighted by atomic mass is 16.6. The molecule has 1 amide bonds. The van der Waals surface area contributed by atoms with Gasteiger partial charge in [0.05, 0.1) is 12.0 Å². The molecule has 0 saturated heterocycles. The maximum absolute atomic E-state index is 11.8. The molecule has 0 aliphatic heterocycles. The Bertz CT molecular complexity index is 476. The number of nitrogens with zero attached hydrogens (tertiary/aromatic N) is 1. The number of carbonyl (C=O) groups is 1. The molecule has 104 valence electrons. The Morgan fingerprint density at radius 1 is 1.58 bits per heavy atom. The van der Waals surface area contributed by atoms with E-state index in [1.807, 2.05) is 6.92 Å².